The van der Waals surface area contributed by atoms with Gasteiger partial charge in [-0.25, -0.2) is 4.99 Å². The summed E-state index contributed by atoms with van der Waals surface area (Å²) < 4.78 is 0. The lowest BCUT2D eigenvalue weighted by molar-refractivity contribution is 0.407. The maximum Gasteiger partial charge on any atom is 0.203 e. The fourth-order valence-electron chi connectivity index (χ4n) is 4.52. The van der Waals surface area contributed by atoms with Crippen LogP contribution >= 0.6 is 0 Å². The Labute approximate surface area is 169 Å². The molecule has 0 radical (unpaired) electrons. The van der Waals surface area contributed by atoms with E-state index < -0.39 is 0 Å². The van der Waals surface area contributed by atoms with Crippen molar-refractivity contribution in [1.82, 2.24) is 5.32 Å². The van der Waals surface area contributed by atoms with Crippen molar-refractivity contribution in [2.45, 2.75) is 76.3 Å². The fourth-order valence-corrected chi connectivity index (χ4v) is 4.52. The molecule has 0 spiro atoms. The first kappa shape index (κ1) is 19.0. The van der Waals surface area contributed by atoms with Gasteiger partial charge in [-0.3, -0.25) is 4.90 Å². The fraction of sp³-hybridized carbons (Fsp3) is 0.480. The lowest BCUT2D eigenvalue weighted by Crippen LogP contribution is -2.45. The standard InChI is InChI=1S/C25H33N3/c1-5-13-21(14-6-1)26-25(27-22-15-7-2-8-16-22)28(23-17-9-3-10-18-23)24-19-11-4-12-20-24/h3-4,9-12,17-22H,1-2,5-8,13-16H2,(H,26,27). The lowest BCUT2D eigenvalue weighted by Gasteiger charge is -2.33. The van der Waals surface area contributed by atoms with E-state index in [0.29, 0.717) is 12.1 Å². The summed E-state index contributed by atoms with van der Waals surface area (Å²) in [4.78, 5) is 7.64. The highest BCUT2D eigenvalue weighted by Crippen LogP contribution is 2.28. The normalized spacial score (nSPS) is 19.4. The molecule has 0 aromatic heterocycles. The predicted molar refractivity (Wildman–Crippen MR) is 119 cm³/mol. The number of hydrogen-bond donors (Lipinski definition) is 1. The molecular formula is C25H33N3. The summed E-state index contributed by atoms with van der Waals surface area (Å²) in [5.41, 5.74) is 2.35. The van der Waals surface area contributed by atoms with Crippen LogP contribution in [0.15, 0.2) is 65.7 Å². The molecule has 2 fully saturated rings. The number of para-hydroxylation sites is 2. The second-order valence-electron chi connectivity index (χ2n) is 8.23. The van der Waals surface area contributed by atoms with Crippen LogP contribution in [0, 0.1) is 0 Å². The van der Waals surface area contributed by atoms with Gasteiger partial charge in [0.05, 0.1) is 6.04 Å². The number of nitrogens with zero attached hydrogens (tertiary/aromatic N) is 2. The SMILES string of the molecule is c1ccc(N(C(=NC2CCCCC2)NC2CCCCC2)c2ccccc2)cc1. The molecule has 2 aliphatic carbocycles. The summed E-state index contributed by atoms with van der Waals surface area (Å²) in [5.74, 6) is 1.04. The Morgan fingerprint density at radius 3 is 1.71 bits per heavy atom. The zero-order valence-electron chi connectivity index (χ0n) is 16.9. The summed E-state index contributed by atoms with van der Waals surface area (Å²) in [6, 6.07) is 22.3. The molecule has 4 rings (SSSR count). The highest BCUT2D eigenvalue weighted by molar-refractivity contribution is 6.03. The van der Waals surface area contributed by atoms with E-state index in [9.17, 15) is 0 Å². The van der Waals surface area contributed by atoms with E-state index in [-0.39, 0.29) is 0 Å². The van der Waals surface area contributed by atoms with Crippen molar-refractivity contribution in [2.24, 2.45) is 4.99 Å². The molecule has 2 saturated carbocycles. The van der Waals surface area contributed by atoms with Gasteiger partial charge in [0.2, 0.25) is 5.96 Å². The van der Waals surface area contributed by atoms with Crippen molar-refractivity contribution in [2.75, 3.05) is 4.90 Å². The van der Waals surface area contributed by atoms with Gasteiger partial charge in [-0.1, -0.05) is 74.9 Å². The van der Waals surface area contributed by atoms with Gasteiger partial charge in [0.25, 0.3) is 0 Å². The molecule has 148 valence electrons. The molecule has 0 saturated heterocycles. The number of hydrogen-bond acceptors (Lipinski definition) is 1. The zero-order chi connectivity index (χ0) is 19.0. The Morgan fingerprint density at radius 2 is 1.18 bits per heavy atom. The Kier molecular flexibility index (Phi) is 6.64. The van der Waals surface area contributed by atoms with Crippen molar-refractivity contribution in [3.63, 3.8) is 0 Å². The van der Waals surface area contributed by atoms with E-state index in [1.165, 1.54) is 75.6 Å². The van der Waals surface area contributed by atoms with Gasteiger partial charge in [0, 0.05) is 17.4 Å². The van der Waals surface area contributed by atoms with Crippen LogP contribution in [-0.2, 0) is 0 Å². The third kappa shape index (κ3) is 4.95. The van der Waals surface area contributed by atoms with E-state index in [0.717, 1.165) is 5.96 Å². The molecule has 0 unspecified atom stereocenters. The van der Waals surface area contributed by atoms with Gasteiger partial charge in [-0.15, -0.1) is 0 Å². The summed E-state index contributed by atoms with van der Waals surface area (Å²) in [5, 5.41) is 3.88. The number of anilines is 2. The minimum Gasteiger partial charge on any atom is -0.353 e. The van der Waals surface area contributed by atoms with Crippen LogP contribution in [0.4, 0.5) is 11.4 Å². The Bertz CT molecular complexity index is 689. The molecule has 3 heteroatoms. The third-order valence-electron chi connectivity index (χ3n) is 6.06. The molecule has 0 amide bonds. The Balaban J connectivity index is 1.70. The van der Waals surface area contributed by atoms with Crippen molar-refractivity contribution in [3.8, 4) is 0 Å². The molecule has 0 aliphatic heterocycles. The average Bonchev–Trinajstić information content (AvgIpc) is 2.77. The topological polar surface area (TPSA) is 27.6 Å². The van der Waals surface area contributed by atoms with Crippen molar-refractivity contribution in [3.05, 3.63) is 60.7 Å². The smallest absolute Gasteiger partial charge is 0.203 e. The molecule has 2 aromatic carbocycles. The van der Waals surface area contributed by atoms with E-state index in [4.69, 9.17) is 4.99 Å². The average molecular weight is 376 g/mol. The predicted octanol–water partition coefficient (Wildman–Crippen LogP) is 6.44. The highest BCUT2D eigenvalue weighted by atomic mass is 15.3. The number of benzene rings is 2. The summed E-state index contributed by atoms with van der Waals surface area (Å²) in [6.07, 6.45) is 12.9. The van der Waals surface area contributed by atoms with Gasteiger partial charge in [0.1, 0.15) is 0 Å². The van der Waals surface area contributed by atoms with Crippen LogP contribution in [0.5, 0.6) is 0 Å². The quantitative estimate of drug-likeness (QED) is 0.492. The van der Waals surface area contributed by atoms with E-state index in [1.54, 1.807) is 0 Å². The molecule has 3 nitrogen and oxygen atoms in total. The first-order valence-corrected chi connectivity index (χ1v) is 11.1. The molecule has 1 N–H and O–H groups in total. The molecular weight excluding hydrogens is 342 g/mol. The first-order chi connectivity index (χ1) is 13.9. The Hall–Kier alpha value is -2.29. The molecule has 2 aromatic rings. The summed E-state index contributed by atoms with van der Waals surface area (Å²) >= 11 is 0. The van der Waals surface area contributed by atoms with Crippen LogP contribution in [0.2, 0.25) is 0 Å². The second-order valence-corrected chi connectivity index (χ2v) is 8.23. The largest absolute Gasteiger partial charge is 0.353 e. The number of nitrogens with one attached hydrogen (secondary N) is 1. The van der Waals surface area contributed by atoms with Crippen molar-refractivity contribution < 1.29 is 0 Å². The number of aliphatic imine (C=N–C) groups is 1. The van der Waals surface area contributed by atoms with E-state index >= 15 is 0 Å². The van der Waals surface area contributed by atoms with Crippen LogP contribution in [-0.4, -0.2) is 18.0 Å². The first-order valence-electron chi connectivity index (χ1n) is 11.1. The van der Waals surface area contributed by atoms with Crippen LogP contribution in [0.1, 0.15) is 64.2 Å². The minimum atomic E-state index is 0.440. The van der Waals surface area contributed by atoms with Crippen LogP contribution in [0.25, 0.3) is 0 Å². The third-order valence-corrected chi connectivity index (χ3v) is 6.06. The molecule has 0 bridgehead atoms. The summed E-state index contributed by atoms with van der Waals surface area (Å²) in [6.45, 7) is 0. The monoisotopic (exact) mass is 375 g/mol. The maximum atomic E-state index is 5.31. The highest BCUT2D eigenvalue weighted by Gasteiger charge is 2.23. The second kappa shape index (κ2) is 9.77. The van der Waals surface area contributed by atoms with Crippen LogP contribution in [0.3, 0.4) is 0 Å². The lowest BCUT2D eigenvalue weighted by atomic mass is 9.95. The van der Waals surface area contributed by atoms with Crippen molar-refractivity contribution >= 4 is 17.3 Å². The van der Waals surface area contributed by atoms with Crippen LogP contribution < -0.4 is 10.2 Å². The Morgan fingerprint density at radius 1 is 0.679 bits per heavy atom. The summed E-state index contributed by atoms with van der Waals surface area (Å²) in [7, 11) is 0. The van der Waals surface area contributed by atoms with Gasteiger partial charge in [-0.05, 0) is 49.9 Å². The van der Waals surface area contributed by atoms with Gasteiger partial charge in [0.15, 0.2) is 0 Å². The molecule has 0 atom stereocenters. The van der Waals surface area contributed by atoms with E-state index in [2.05, 4.69) is 70.9 Å². The number of rotatable bonds is 4. The molecule has 0 heterocycles. The van der Waals surface area contributed by atoms with Crippen molar-refractivity contribution in [1.29, 1.82) is 0 Å². The van der Waals surface area contributed by atoms with Gasteiger partial charge >= 0.3 is 0 Å². The van der Waals surface area contributed by atoms with E-state index in [1.807, 2.05) is 0 Å². The minimum absolute atomic E-state index is 0.440. The number of guanidine groups is 1. The zero-order valence-corrected chi connectivity index (χ0v) is 16.9. The maximum absolute atomic E-state index is 5.31. The van der Waals surface area contributed by atoms with Gasteiger partial charge < -0.3 is 5.32 Å². The molecule has 2 aliphatic rings. The molecule has 28 heavy (non-hydrogen) atoms. The van der Waals surface area contributed by atoms with Gasteiger partial charge in [-0.2, -0.15) is 0 Å².